The molecule has 5 heteroatoms. The Morgan fingerprint density at radius 1 is 1.41 bits per heavy atom. The van der Waals surface area contributed by atoms with Crippen LogP contribution in [0, 0.1) is 5.82 Å². The molecule has 0 saturated carbocycles. The highest BCUT2D eigenvalue weighted by Crippen LogP contribution is 2.24. The van der Waals surface area contributed by atoms with Crippen molar-refractivity contribution in [1.82, 2.24) is 5.43 Å². The van der Waals surface area contributed by atoms with Crippen LogP contribution >= 0.6 is 11.6 Å². The highest BCUT2D eigenvalue weighted by molar-refractivity contribution is 6.30. The van der Waals surface area contributed by atoms with Gasteiger partial charge < -0.3 is 4.42 Å². The van der Waals surface area contributed by atoms with Crippen LogP contribution in [-0.4, -0.2) is 0 Å². The number of furan rings is 1. The smallest absolute Gasteiger partial charge is 0.128 e. The Hall–Kier alpha value is -1.36. The average molecular weight is 255 g/mol. The minimum Gasteiger partial charge on any atom is -0.472 e. The van der Waals surface area contributed by atoms with E-state index in [0.717, 1.165) is 5.56 Å². The molecular weight excluding hydrogens is 243 g/mol. The summed E-state index contributed by atoms with van der Waals surface area (Å²) in [7, 11) is 0. The van der Waals surface area contributed by atoms with E-state index in [-0.39, 0.29) is 11.9 Å². The third kappa shape index (κ3) is 2.85. The fourth-order valence-electron chi connectivity index (χ4n) is 1.68. The number of halogens is 2. The Balaban J connectivity index is 2.25. The first-order valence-corrected chi connectivity index (χ1v) is 5.50. The first-order chi connectivity index (χ1) is 8.20. The standard InChI is InChI=1S/C12H12ClFN2O/c13-9-1-2-11(14)10(6-9)12(16-15)5-8-3-4-17-7-8/h1-4,6-7,12,16H,5,15H2. The maximum atomic E-state index is 13.7. The van der Waals surface area contributed by atoms with Crippen molar-refractivity contribution in [1.29, 1.82) is 0 Å². The summed E-state index contributed by atoms with van der Waals surface area (Å²) in [5.74, 6) is 5.12. The van der Waals surface area contributed by atoms with E-state index in [1.54, 1.807) is 18.6 Å². The van der Waals surface area contributed by atoms with Gasteiger partial charge in [0.15, 0.2) is 0 Å². The second-order valence-corrected chi connectivity index (χ2v) is 4.16. The Kier molecular flexibility index (Phi) is 3.78. The van der Waals surface area contributed by atoms with Crippen molar-refractivity contribution in [2.24, 2.45) is 5.84 Å². The summed E-state index contributed by atoms with van der Waals surface area (Å²) in [4.78, 5) is 0. The van der Waals surface area contributed by atoms with Gasteiger partial charge in [-0.3, -0.25) is 11.3 Å². The molecule has 3 nitrogen and oxygen atoms in total. The summed E-state index contributed by atoms with van der Waals surface area (Å²) in [6, 6.07) is 5.88. The summed E-state index contributed by atoms with van der Waals surface area (Å²) in [5, 5.41) is 0.480. The molecule has 1 atom stereocenters. The van der Waals surface area contributed by atoms with Crippen molar-refractivity contribution < 1.29 is 8.81 Å². The van der Waals surface area contributed by atoms with Crippen LogP contribution in [0.1, 0.15) is 17.2 Å². The van der Waals surface area contributed by atoms with Gasteiger partial charge >= 0.3 is 0 Å². The van der Waals surface area contributed by atoms with Gasteiger partial charge in [0.25, 0.3) is 0 Å². The van der Waals surface area contributed by atoms with Crippen LogP contribution < -0.4 is 11.3 Å². The molecule has 2 rings (SSSR count). The first kappa shape index (κ1) is 12.1. The van der Waals surface area contributed by atoms with Gasteiger partial charge in [0.05, 0.1) is 18.6 Å². The maximum Gasteiger partial charge on any atom is 0.128 e. The highest BCUT2D eigenvalue weighted by Gasteiger charge is 2.16. The monoisotopic (exact) mass is 254 g/mol. The zero-order valence-electron chi connectivity index (χ0n) is 8.99. The van der Waals surface area contributed by atoms with Crippen LogP contribution in [0.4, 0.5) is 4.39 Å². The van der Waals surface area contributed by atoms with Gasteiger partial charge in [-0.05, 0) is 36.2 Å². The third-order valence-corrected chi connectivity index (χ3v) is 2.79. The van der Waals surface area contributed by atoms with Crippen LogP contribution in [0.15, 0.2) is 41.2 Å². The molecule has 90 valence electrons. The molecule has 0 spiro atoms. The zero-order valence-corrected chi connectivity index (χ0v) is 9.75. The Bertz CT molecular complexity index is 487. The normalized spacial score (nSPS) is 12.6. The summed E-state index contributed by atoms with van der Waals surface area (Å²) >= 11 is 5.85. The Morgan fingerprint density at radius 2 is 2.24 bits per heavy atom. The van der Waals surface area contributed by atoms with E-state index >= 15 is 0 Å². The molecule has 0 radical (unpaired) electrons. The quantitative estimate of drug-likeness (QED) is 0.652. The molecule has 0 aliphatic heterocycles. The predicted octanol–water partition coefficient (Wildman–Crippen LogP) is 2.82. The predicted molar refractivity (Wildman–Crippen MR) is 63.9 cm³/mol. The molecule has 0 saturated heterocycles. The molecule has 0 bridgehead atoms. The molecule has 0 aliphatic carbocycles. The molecule has 0 aliphatic rings. The summed E-state index contributed by atoms with van der Waals surface area (Å²) < 4.78 is 18.6. The number of benzene rings is 1. The SMILES string of the molecule is NNC(Cc1ccoc1)c1cc(Cl)ccc1F. The number of nitrogens with one attached hydrogen (secondary N) is 1. The van der Waals surface area contributed by atoms with Gasteiger partial charge in [-0.15, -0.1) is 0 Å². The van der Waals surface area contributed by atoms with Gasteiger partial charge in [0.2, 0.25) is 0 Å². The van der Waals surface area contributed by atoms with Crippen LogP contribution in [0.3, 0.4) is 0 Å². The lowest BCUT2D eigenvalue weighted by Gasteiger charge is -2.16. The van der Waals surface area contributed by atoms with Crippen molar-refractivity contribution in [2.45, 2.75) is 12.5 Å². The average Bonchev–Trinajstić information content (AvgIpc) is 2.82. The van der Waals surface area contributed by atoms with Gasteiger partial charge in [0, 0.05) is 10.6 Å². The molecule has 17 heavy (non-hydrogen) atoms. The van der Waals surface area contributed by atoms with Crippen LogP contribution in [-0.2, 0) is 6.42 Å². The first-order valence-electron chi connectivity index (χ1n) is 5.13. The number of hydrogen-bond donors (Lipinski definition) is 2. The summed E-state index contributed by atoms with van der Waals surface area (Å²) in [6.07, 6.45) is 3.70. The van der Waals surface area contributed by atoms with E-state index < -0.39 is 0 Å². The lowest BCUT2D eigenvalue weighted by atomic mass is 10.0. The molecule has 0 amide bonds. The fraction of sp³-hybridized carbons (Fsp3) is 0.167. The number of rotatable bonds is 4. The Labute approximate surface area is 103 Å². The molecule has 1 aromatic carbocycles. The molecule has 0 fully saturated rings. The molecule has 1 aromatic heterocycles. The minimum atomic E-state index is -0.341. The lowest BCUT2D eigenvalue weighted by molar-refractivity contribution is 0.505. The second kappa shape index (κ2) is 5.31. The van der Waals surface area contributed by atoms with E-state index in [0.29, 0.717) is 17.0 Å². The number of hydrogen-bond acceptors (Lipinski definition) is 3. The van der Waals surface area contributed by atoms with E-state index in [9.17, 15) is 4.39 Å². The van der Waals surface area contributed by atoms with Gasteiger partial charge in [-0.1, -0.05) is 11.6 Å². The van der Waals surface area contributed by atoms with Crippen molar-refractivity contribution >= 4 is 11.6 Å². The maximum absolute atomic E-state index is 13.7. The zero-order chi connectivity index (χ0) is 12.3. The summed E-state index contributed by atoms with van der Waals surface area (Å²) in [5.41, 5.74) is 3.97. The van der Waals surface area contributed by atoms with E-state index in [1.165, 1.54) is 12.1 Å². The number of nitrogens with two attached hydrogens (primary N) is 1. The van der Waals surface area contributed by atoms with E-state index in [1.807, 2.05) is 6.07 Å². The molecule has 2 aromatic rings. The number of hydrazine groups is 1. The second-order valence-electron chi connectivity index (χ2n) is 3.72. The van der Waals surface area contributed by atoms with Crippen molar-refractivity contribution in [3.63, 3.8) is 0 Å². The Morgan fingerprint density at radius 3 is 2.88 bits per heavy atom. The van der Waals surface area contributed by atoms with Gasteiger partial charge in [-0.25, -0.2) is 4.39 Å². The van der Waals surface area contributed by atoms with E-state index in [2.05, 4.69) is 5.43 Å². The highest BCUT2D eigenvalue weighted by atomic mass is 35.5. The van der Waals surface area contributed by atoms with Crippen molar-refractivity contribution in [3.05, 3.63) is 58.8 Å². The van der Waals surface area contributed by atoms with Crippen molar-refractivity contribution in [2.75, 3.05) is 0 Å². The van der Waals surface area contributed by atoms with Gasteiger partial charge in [-0.2, -0.15) is 0 Å². The largest absolute Gasteiger partial charge is 0.472 e. The molecular formula is C12H12ClFN2O. The molecule has 3 N–H and O–H groups in total. The fourth-order valence-corrected chi connectivity index (χ4v) is 1.87. The topological polar surface area (TPSA) is 51.2 Å². The lowest BCUT2D eigenvalue weighted by Crippen LogP contribution is -2.30. The van der Waals surface area contributed by atoms with Gasteiger partial charge in [0.1, 0.15) is 5.82 Å². The summed E-state index contributed by atoms with van der Waals surface area (Å²) in [6.45, 7) is 0. The third-order valence-electron chi connectivity index (χ3n) is 2.55. The van der Waals surface area contributed by atoms with Crippen LogP contribution in [0.25, 0.3) is 0 Å². The van der Waals surface area contributed by atoms with E-state index in [4.69, 9.17) is 21.9 Å². The minimum absolute atomic E-state index is 0.333. The molecule has 1 unspecified atom stereocenters. The van der Waals surface area contributed by atoms with Crippen molar-refractivity contribution in [3.8, 4) is 0 Å². The van der Waals surface area contributed by atoms with Crippen LogP contribution in [0.5, 0.6) is 0 Å². The molecule has 1 heterocycles. The van der Waals surface area contributed by atoms with Crippen LogP contribution in [0.2, 0.25) is 5.02 Å².